The van der Waals surface area contributed by atoms with E-state index in [2.05, 4.69) is 15.4 Å². The minimum atomic E-state index is 0.338. The average molecular weight is 445 g/mol. The molecule has 0 unspecified atom stereocenters. The molecule has 3 rings (SSSR count). The maximum atomic E-state index is 9.68. The molecule has 0 saturated heterocycles. The Hall–Kier alpha value is -2.59. The summed E-state index contributed by atoms with van der Waals surface area (Å²) in [4.78, 5) is 6.36. The van der Waals surface area contributed by atoms with E-state index in [1.54, 1.807) is 18.5 Å². The molecule has 0 aliphatic heterocycles. The molecule has 8 heteroatoms. The molecule has 0 fully saturated rings. The van der Waals surface area contributed by atoms with Crippen LogP contribution in [0.2, 0.25) is 10.0 Å². The van der Waals surface area contributed by atoms with Crippen LogP contribution in [0.3, 0.4) is 0 Å². The summed E-state index contributed by atoms with van der Waals surface area (Å²) >= 11 is 13.7. The molecule has 1 aromatic heterocycles. The van der Waals surface area contributed by atoms with Gasteiger partial charge in [-0.15, -0.1) is 0 Å². The van der Waals surface area contributed by atoms with Crippen LogP contribution in [0.1, 0.15) is 18.1 Å². The number of rotatable bonds is 6. The van der Waals surface area contributed by atoms with E-state index in [1.165, 1.54) is 0 Å². The van der Waals surface area contributed by atoms with Crippen molar-refractivity contribution in [3.8, 4) is 28.1 Å². The van der Waals surface area contributed by atoms with E-state index in [9.17, 15) is 5.26 Å². The van der Waals surface area contributed by atoms with Gasteiger partial charge in [-0.25, -0.2) is 4.99 Å². The van der Waals surface area contributed by atoms with Crippen LogP contribution in [-0.4, -0.2) is 29.2 Å². The van der Waals surface area contributed by atoms with Crippen molar-refractivity contribution in [2.75, 3.05) is 13.6 Å². The molecule has 0 radical (unpaired) electrons. The molecular weight excluding hydrogens is 427 g/mol. The topological polar surface area (TPSA) is 61.5 Å². The Balaban J connectivity index is 1.93. The van der Waals surface area contributed by atoms with Gasteiger partial charge in [0.15, 0.2) is 0 Å². The predicted octanol–water partition coefficient (Wildman–Crippen LogP) is 6.70. The van der Waals surface area contributed by atoms with Crippen LogP contribution in [0.25, 0.3) is 11.3 Å². The quantitative estimate of drug-likeness (QED) is 0.313. The monoisotopic (exact) mass is 444 g/mol. The van der Waals surface area contributed by atoms with E-state index < -0.39 is 0 Å². The normalized spacial score (nSPS) is 10.9. The summed E-state index contributed by atoms with van der Waals surface area (Å²) < 4.78 is 10.4. The van der Waals surface area contributed by atoms with Crippen LogP contribution < -0.4 is 4.74 Å². The summed E-state index contributed by atoms with van der Waals surface area (Å²) in [5.41, 5.74) is 3.03. The van der Waals surface area contributed by atoms with Gasteiger partial charge in [0.05, 0.1) is 22.1 Å². The fourth-order valence-corrected chi connectivity index (χ4v) is 3.63. The molecule has 2 aromatic carbocycles. The van der Waals surface area contributed by atoms with Crippen LogP contribution in [-0.2, 0) is 0 Å². The molecule has 5 nitrogen and oxygen atoms in total. The molecule has 3 aromatic rings. The number of benzene rings is 2. The van der Waals surface area contributed by atoms with Gasteiger partial charge in [-0.1, -0.05) is 41.4 Å². The number of hydrogen-bond acceptors (Lipinski definition) is 5. The zero-order valence-electron chi connectivity index (χ0n) is 16.1. The Labute approximate surface area is 184 Å². The van der Waals surface area contributed by atoms with Crippen LogP contribution in [0.5, 0.6) is 10.8 Å². The van der Waals surface area contributed by atoms with Crippen molar-refractivity contribution >= 4 is 46.8 Å². The predicted molar refractivity (Wildman–Crippen MR) is 120 cm³/mol. The molecule has 0 bridgehead atoms. The van der Waals surface area contributed by atoms with Gasteiger partial charge in [0.2, 0.25) is 5.06 Å². The van der Waals surface area contributed by atoms with E-state index in [0.717, 1.165) is 23.6 Å². The number of halogens is 2. The third kappa shape index (κ3) is 4.70. The van der Waals surface area contributed by atoms with E-state index in [1.807, 2.05) is 50.1 Å². The maximum Gasteiger partial charge on any atom is 0.218 e. The molecule has 0 aliphatic rings. The fourth-order valence-electron chi connectivity index (χ4n) is 2.48. The van der Waals surface area contributed by atoms with Gasteiger partial charge in [0, 0.05) is 36.8 Å². The Bertz CT molecular complexity index is 1100. The molecule has 0 N–H and O–H groups in total. The lowest BCUT2D eigenvalue weighted by molar-refractivity contribution is 0.491. The third-order valence-electron chi connectivity index (χ3n) is 4.24. The number of ether oxygens (including phenoxy) is 1. The fraction of sp³-hybridized carbons (Fsp3) is 0.190. The van der Waals surface area contributed by atoms with Crippen molar-refractivity contribution in [1.29, 1.82) is 5.26 Å². The number of aliphatic imine (C=N–C) groups is 1. The van der Waals surface area contributed by atoms with Crippen LogP contribution in [0.15, 0.2) is 41.4 Å². The molecule has 1 heterocycles. The van der Waals surface area contributed by atoms with E-state index in [0.29, 0.717) is 43.4 Å². The minimum Gasteiger partial charge on any atom is -0.443 e. The van der Waals surface area contributed by atoms with Crippen LogP contribution >= 0.6 is 34.7 Å². The highest BCUT2D eigenvalue weighted by Gasteiger charge is 2.20. The van der Waals surface area contributed by atoms with E-state index in [4.69, 9.17) is 27.9 Å². The lowest BCUT2D eigenvalue weighted by atomic mass is 10.1. The number of hydrogen-bond donors (Lipinski definition) is 0. The van der Waals surface area contributed by atoms with Crippen molar-refractivity contribution < 1.29 is 4.74 Å². The lowest BCUT2D eigenvalue weighted by Gasteiger charge is -2.11. The maximum absolute atomic E-state index is 9.68. The number of nitriles is 1. The first-order valence-corrected chi connectivity index (χ1v) is 10.3. The van der Waals surface area contributed by atoms with Gasteiger partial charge in [-0.05, 0) is 31.5 Å². The summed E-state index contributed by atoms with van der Waals surface area (Å²) in [5.74, 6) is 0.545. The van der Waals surface area contributed by atoms with E-state index in [-0.39, 0.29) is 0 Å². The van der Waals surface area contributed by atoms with Gasteiger partial charge in [0.1, 0.15) is 23.1 Å². The Morgan fingerprint density at radius 1 is 1.28 bits per heavy atom. The van der Waals surface area contributed by atoms with Crippen molar-refractivity contribution in [2.45, 2.75) is 13.8 Å². The third-order valence-corrected chi connectivity index (χ3v) is 5.60. The highest BCUT2D eigenvalue weighted by Crippen LogP contribution is 2.41. The largest absolute Gasteiger partial charge is 0.443 e. The molecule has 0 aliphatic carbocycles. The standard InChI is InChI=1S/C21H18Cl2N4OS/c1-4-27(3)12-25-18-9-13(2)19(10-17(18)23)28-21-15(11-24)20(26-29-21)14-7-5-6-8-16(14)22/h5-10,12H,4H2,1-3H3/b25-12-. The van der Waals surface area contributed by atoms with Gasteiger partial charge in [-0.3, -0.25) is 0 Å². The Morgan fingerprint density at radius 2 is 2.03 bits per heavy atom. The summed E-state index contributed by atoms with van der Waals surface area (Å²) in [5, 5.41) is 11.1. The van der Waals surface area contributed by atoms with Gasteiger partial charge < -0.3 is 9.64 Å². The highest BCUT2D eigenvalue weighted by atomic mass is 35.5. The van der Waals surface area contributed by atoms with Crippen LogP contribution in [0.4, 0.5) is 5.69 Å². The molecular formula is C21H18Cl2N4OS. The second-order valence-electron chi connectivity index (χ2n) is 6.27. The van der Waals surface area contributed by atoms with Gasteiger partial charge in [-0.2, -0.15) is 9.64 Å². The summed E-state index contributed by atoms with van der Waals surface area (Å²) in [6.45, 7) is 4.78. The van der Waals surface area contributed by atoms with Gasteiger partial charge >= 0.3 is 0 Å². The molecule has 29 heavy (non-hydrogen) atoms. The number of aryl methyl sites for hydroxylation is 1. The smallest absolute Gasteiger partial charge is 0.218 e. The van der Waals surface area contributed by atoms with Crippen molar-refractivity contribution in [1.82, 2.24) is 9.27 Å². The highest BCUT2D eigenvalue weighted by molar-refractivity contribution is 7.08. The summed E-state index contributed by atoms with van der Waals surface area (Å²) in [7, 11) is 1.94. The van der Waals surface area contributed by atoms with Crippen molar-refractivity contribution in [3.63, 3.8) is 0 Å². The van der Waals surface area contributed by atoms with Crippen LogP contribution in [0, 0.1) is 18.3 Å². The second-order valence-corrected chi connectivity index (χ2v) is 7.82. The lowest BCUT2D eigenvalue weighted by Crippen LogP contribution is -2.14. The summed E-state index contributed by atoms with van der Waals surface area (Å²) in [6, 6.07) is 13.0. The average Bonchev–Trinajstić information content (AvgIpc) is 3.11. The number of aromatic nitrogens is 1. The first-order chi connectivity index (χ1) is 13.9. The van der Waals surface area contributed by atoms with E-state index >= 15 is 0 Å². The molecule has 0 atom stereocenters. The Kier molecular flexibility index (Phi) is 6.75. The molecule has 148 valence electrons. The van der Waals surface area contributed by atoms with Crippen molar-refractivity contribution in [2.24, 2.45) is 4.99 Å². The molecule has 0 amide bonds. The zero-order chi connectivity index (χ0) is 21.0. The molecule has 0 spiro atoms. The molecule has 0 saturated carbocycles. The van der Waals surface area contributed by atoms with Crippen molar-refractivity contribution in [3.05, 3.63) is 57.6 Å². The zero-order valence-corrected chi connectivity index (χ0v) is 18.4. The SMILES string of the molecule is CCN(C)/C=N\c1cc(C)c(Oc2snc(-c3ccccc3Cl)c2C#N)cc1Cl. The van der Waals surface area contributed by atoms with Gasteiger partial charge in [0.25, 0.3) is 0 Å². The first-order valence-electron chi connectivity index (χ1n) is 8.81. The minimum absolute atomic E-state index is 0.338. The summed E-state index contributed by atoms with van der Waals surface area (Å²) in [6.07, 6.45) is 1.73. The Morgan fingerprint density at radius 3 is 2.72 bits per heavy atom. The first kappa shape index (κ1) is 21.1. The number of nitrogens with zero attached hydrogens (tertiary/aromatic N) is 4. The second kappa shape index (κ2) is 9.27.